The van der Waals surface area contributed by atoms with E-state index in [0.717, 1.165) is 67.0 Å². The SMILES string of the molecule is N#CC(c1ccccc1)N1CCN(Cc2nc3sc4c(c3c(=O)[nH]2)CCC4)CC1. The largest absolute Gasteiger partial charge is 0.309 e. The molecule has 29 heavy (non-hydrogen) atoms. The molecule has 2 aliphatic rings. The molecule has 5 rings (SSSR count). The molecule has 0 amide bonds. The number of H-pyrrole nitrogens is 1. The summed E-state index contributed by atoms with van der Waals surface area (Å²) in [5.74, 6) is 0.746. The van der Waals surface area contributed by atoms with Crippen molar-refractivity contribution in [3.05, 3.63) is 62.5 Å². The smallest absolute Gasteiger partial charge is 0.259 e. The van der Waals surface area contributed by atoms with Crippen LogP contribution in [0.15, 0.2) is 35.1 Å². The molecule has 6 nitrogen and oxygen atoms in total. The first kappa shape index (κ1) is 18.5. The lowest BCUT2D eigenvalue weighted by molar-refractivity contribution is 0.107. The van der Waals surface area contributed by atoms with Crippen LogP contribution in [0.5, 0.6) is 0 Å². The third-order valence-corrected chi connectivity index (χ3v) is 7.19. The minimum absolute atomic E-state index is 0.0108. The monoisotopic (exact) mass is 405 g/mol. The molecule has 2 aromatic heterocycles. The van der Waals surface area contributed by atoms with Gasteiger partial charge in [-0.25, -0.2) is 4.98 Å². The molecule has 0 saturated carbocycles. The molecule has 1 aromatic carbocycles. The summed E-state index contributed by atoms with van der Waals surface area (Å²) < 4.78 is 0. The van der Waals surface area contributed by atoms with Crippen molar-refractivity contribution in [2.45, 2.75) is 31.8 Å². The van der Waals surface area contributed by atoms with Crippen LogP contribution < -0.4 is 5.56 Å². The second kappa shape index (κ2) is 7.71. The Balaban J connectivity index is 1.27. The molecule has 0 spiro atoms. The highest BCUT2D eigenvalue weighted by Gasteiger charge is 2.26. The zero-order chi connectivity index (χ0) is 19.8. The van der Waals surface area contributed by atoms with E-state index >= 15 is 0 Å². The van der Waals surface area contributed by atoms with Crippen LogP contribution in [0.2, 0.25) is 0 Å². The number of benzene rings is 1. The molecule has 1 N–H and O–H groups in total. The van der Waals surface area contributed by atoms with Crippen molar-refractivity contribution in [3.63, 3.8) is 0 Å². The lowest BCUT2D eigenvalue weighted by atomic mass is 10.1. The lowest BCUT2D eigenvalue weighted by Gasteiger charge is -2.36. The van der Waals surface area contributed by atoms with Gasteiger partial charge in [0.05, 0.1) is 18.0 Å². The molecule has 1 unspecified atom stereocenters. The van der Waals surface area contributed by atoms with Crippen LogP contribution in [0.25, 0.3) is 10.2 Å². The van der Waals surface area contributed by atoms with Crippen molar-refractivity contribution in [1.29, 1.82) is 5.26 Å². The number of nitriles is 1. The number of thiophene rings is 1. The molecule has 1 aliphatic carbocycles. The molecule has 1 aliphatic heterocycles. The number of rotatable bonds is 4. The van der Waals surface area contributed by atoms with Gasteiger partial charge in [-0.3, -0.25) is 14.6 Å². The molecular weight excluding hydrogens is 382 g/mol. The molecule has 1 fully saturated rings. The molecule has 1 atom stereocenters. The van der Waals surface area contributed by atoms with E-state index in [0.29, 0.717) is 6.54 Å². The molecular formula is C22H23N5OS. The van der Waals surface area contributed by atoms with Gasteiger partial charge in [0.1, 0.15) is 16.7 Å². The molecule has 3 heterocycles. The Morgan fingerprint density at radius 2 is 1.97 bits per heavy atom. The number of hydrogen-bond donors (Lipinski definition) is 1. The quantitative estimate of drug-likeness (QED) is 0.722. The summed E-state index contributed by atoms with van der Waals surface area (Å²) in [4.78, 5) is 27.2. The third-order valence-electron chi connectivity index (χ3n) is 6.01. The van der Waals surface area contributed by atoms with Gasteiger partial charge in [-0.2, -0.15) is 5.26 Å². The molecule has 7 heteroatoms. The Hall–Kier alpha value is -2.53. The summed E-state index contributed by atoms with van der Waals surface area (Å²) >= 11 is 1.69. The minimum Gasteiger partial charge on any atom is -0.309 e. The van der Waals surface area contributed by atoms with Crippen molar-refractivity contribution in [3.8, 4) is 6.07 Å². The Bertz CT molecular complexity index is 1120. The van der Waals surface area contributed by atoms with Crippen molar-refractivity contribution in [1.82, 2.24) is 19.8 Å². The molecule has 148 valence electrons. The number of piperazine rings is 1. The topological polar surface area (TPSA) is 76.0 Å². The van der Waals surface area contributed by atoms with Crippen molar-refractivity contribution in [2.24, 2.45) is 0 Å². The predicted molar refractivity (Wildman–Crippen MR) is 114 cm³/mol. The summed E-state index contributed by atoms with van der Waals surface area (Å²) in [6, 6.07) is 12.2. The van der Waals surface area contributed by atoms with Gasteiger partial charge in [-0.15, -0.1) is 11.3 Å². The summed E-state index contributed by atoms with van der Waals surface area (Å²) in [7, 11) is 0. The van der Waals surface area contributed by atoms with Gasteiger partial charge < -0.3 is 4.98 Å². The zero-order valence-corrected chi connectivity index (χ0v) is 17.0. The molecule has 0 radical (unpaired) electrons. The fourth-order valence-electron chi connectivity index (χ4n) is 4.52. The van der Waals surface area contributed by atoms with Gasteiger partial charge in [0.25, 0.3) is 5.56 Å². The van der Waals surface area contributed by atoms with Crippen molar-refractivity contribution in [2.75, 3.05) is 26.2 Å². The highest BCUT2D eigenvalue weighted by molar-refractivity contribution is 7.18. The van der Waals surface area contributed by atoms with Crippen LogP contribution in [-0.2, 0) is 19.4 Å². The molecule has 3 aromatic rings. The number of aromatic nitrogens is 2. The standard InChI is InChI=1S/C22H23N5OS/c23-13-17(15-5-2-1-3-6-15)27-11-9-26(10-12-27)14-19-24-21(28)20-16-7-4-8-18(16)29-22(20)25-19/h1-3,5-6,17H,4,7-12,14H2,(H,24,25,28). The number of nitrogens with one attached hydrogen (secondary N) is 1. The van der Waals surface area contributed by atoms with Gasteiger partial charge in [0, 0.05) is 31.1 Å². The molecule has 1 saturated heterocycles. The van der Waals surface area contributed by atoms with Crippen LogP contribution >= 0.6 is 11.3 Å². The van der Waals surface area contributed by atoms with E-state index in [1.54, 1.807) is 11.3 Å². The second-order valence-electron chi connectivity index (χ2n) is 7.80. The van der Waals surface area contributed by atoms with E-state index in [2.05, 4.69) is 20.9 Å². The average Bonchev–Trinajstić information content (AvgIpc) is 3.31. The summed E-state index contributed by atoms with van der Waals surface area (Å²) in [6.07, 6.45) is 3.23. The van der Waals surface area contributed by atoms with Gasteiger partial charge in [0.15, 0.2) is 0 Å². The summed E-state index contributed by atoms with van der Waals surface area (Å²) in [5, 5.41) is 10.5. The van der Waals surface area contributed by atoms with Gasteiger partial charge >= 0.3 is 0 Å². The number of hydrogen-bond acceptors (Lipinski definition) is 6. The Morgan fingerprint density at radius 3 is 2.72 bits per heavy atom. The number of fused-ring (bicyclic) bond motifs is 3. The number of aromatic amines is 1. The second-order valence-corrected chi connectivity index (χ2v) is 8.89. The van der Waals surface area contributed by atoms with Gasteiger partial charge in [-0.05, 0) is 30.4 Å². The average molecular weight is 406 g/mol. The van der Waals surface area contributed by atoms with E-state index in [4.69, 9.17) is 4.98 Å². The van der Waals surface area contributed by atoms with E-state index in [-0.39, 0.29) is 11.6 Å². The van der Waals surface area contributed by atoms with E-state index in [1.165, 1.54) is 10.4 Å². The van der Waals surface area contributed by atoms with Crippen LogP contribution in [0.3, 0.4) is 0 Å². The number of nitrogens with zero attached hydrogens (tertiary/aromatic N) is 4. The van der Waals surface area contributed by atoms with Crippen LogP contribution in [-0.4, -0.2) is 45.9 Å². The van der Waals surface area contributed by atoms with Gasteiger partial charge in [0.2, 0.25) is 0 Å². The molecule has 0 bridgehead atoms. The van der Waals surface area contributed by atoms with Crippen LogP contribution in [0.1, 0.15) is 34.3 Å². The number of aryl methyl sites for hydroxylation is 2. The Labute approximate surface area is 173 Å². The first-order valence-corrected chi connectivity index (χ1v) is 11.0. The predicted octanol–water partition coefficient (Wildman–Crippen LogP) is 2.86. The van der Waals surface area contributed by atoms with Crippen LogP contribution in [0, 0.1) is 11.3 Å². The van der Waals surface area contributed by atoms with Gasteiger partial charge in [-0.1, -0.05) is 30.3 Å². The maximum Gasteiger partial charge on any atom is 0.259 e. The van der Waals surface area contributed by atoms with E-state index in [1.807, 2.05) is 30.3 Å². The highest BCUT2D eigenvalue weighted by Crippen LogP contribution is 2.34. The Kier molecular flexibility index (Phi) is 4.92. The third kappa shape index (κ3) is 3.48. The van der Waals surface area contributed by atoms with E-state index < -0.39 is 0 Å². The maximum absolute atomic E-state index is 12.6. The lowest BCUT2D eigenvalue weighted by Crippen LogP contribution is -2.47. The van der Waals surface area contributed by atoms with Crippen LogP contribution in [0.4, 0.5) is 0 Å². The first-order valence-electron chi connectivity index (χ1n) is 10.2. The van der Waals surface area contributed by atoms with E-state index in [9.17, 15) is 10.1 Å². The first-order chi connectivity index (χ1) is 14.2. The highest BCUT2D eigenvalue weighted by atomic mass is 32.1. The summed E-state index contributed by atoms with van der Waals surface area (Å²) in [5.41, 5.74) is 2.28. The fourth-order valence-corrected chi connectivity index (χ4v) is 5.80. The zero-order valence-electron chi connectivity index (χ0n) is 16.2. The Morgan fingerprint density at radius 1 is 1.17 bits per heavy atom. The summed E-state index contributed by atoms with van der Waals surface area (Å²) in [6.45, 7) is 4.01. The maximum atomic E-state index is 12.6. The fraction of sp³-hybridized carbons (Fsp3) is 0.409. The van der Waals surface area contributed by atoms with Crippen molar-refractivity contribution < 1.29 is 0 Å². The minimum atomic E-state index is -0.207. The van der Waals surface area contributed by atoms with Crippen molar-refractivity contribution >= 4 is 21.6 Å². The normalized spacial score (nSPS) is 18.6.